The molecule has 94 valence electrons. The van der Waals surface area contributed by atoms with Gasteiger partial charge in [-0.1, -0.05) is 13.0 Å². The van der Waals surface area contributed by atoms with Crippen LogP contribution in [0.3, 0.4) is 0 Å². The molecule has 2 atom stereocenters. The maximum atomic E-state index is 11.4. The van der Waals surface area contributed by atoms with Crippen molar-refractivity contribution in [2.45, 2.75) is 19.4 Å². The minimum atomic E-state index is -0.439. The van der Waals surface area contributed by atoms with Crippen LogP contribution < -0.4 is 11.1 Å². The van der Waals surface area contributed by atoms with E-state index in [0.717, 1.165) is 24.3 Å². The van der Waals surface area contributed by atoms with E-state index < -0.39 is 5.91 Å². The van der Waals surface area contributed by atoms with Crippen molar-refractivity contribution in [1.29, 1.82) is 0 Å². The summed E-state index contributed by atoms with van der Waals surface area (Å²) >= 11 is 0. The zero-order valence-corrected chi connectivity index (χ0v) is 10.2. The predicted octanol–water partition coefficient (Wildman–Crippen LogP) is 1.33. The predicted molar refractivity (Wildman–Crippen MR) is 69.1 cm³/mol. The molecular weight excluding hydrogens is 228 g/mol. The number of nitrogens with two attached hydrogens (primary N) is 1. The van der Waals surface area contributed by atoms with Crippen molar-refractivity contribution in [2.24, 2.45) is 11.7 Å². The molecule has 0 spiro atoms. The molecule has 0 saturated carbocycles. The number of aromatic nitrogens is 2. The third kappa shape index (κ3) is 1.67. The number of carbonyl (C=O) groups is 1. The lowest BCUT2D eigenvalue weighted by Crippen LogP contribution is -2.17. The highest BCUT2D eigenvalue weighted by Crippen LogP contribution is 2.29. The van der Waals surface area contributed by atoms with E-state index in [0.29, 0.717) is 17.0 Å². The molecule has 4 N–H and O–H groups in total. The fraction of sp³-hybridized carbons (Fsp3) is 0.385. The number of hydrogen-bond acceptors (Lipinski definition) is 3. The number of H-pyrrole nitrogens is 1. The summed E-state index contributed by atoms with van der Waals surface area (Å²) in [6, 6.07) is 5.67. The third-order valence-corrected chi connectivity index (χ3v) is 3.62. The van der Waals surface area contributed by atoms with Gasteiger partial charge < -0.3 is 16.0 Å². The highest BCUT2D eigenvalue weighted by Gasteiger charge is 2.27. The molecular formula is C13H16N4O. The van der Waals surface area contributed by atoms with Crippen molar-refractivity contribution in [3.63, 3.8) is 0 Å². The van der Waals surface area contributed by atoms with Gasteiger partial charge in [0.25, 0.3) is 5.91 Å². The van der Waals surface area contributed by atoms with Gasteiger partial charge in [-0.2, -0.15) is 0 Å². The SMILES string of the molecule is C[C@H]1CCN[C@H]1c1nc2c(C(N)=O)cccc2[nH]1. The molecule has 3 rings (SSSR count). The smallest absolute Gasteiger partial charge is 0.250 e. The molecule has 5 heteroatoms. The van der Waals surface area contributed by atoms with Crippen LogP contribution in [0.4, 0.5) is 0 Å². The van der Waals surface area contributed by atoms with Crippen LogP contribution >= 0.6 is 0 Å². The number of primary amides is 1. The molecule has 1 aromatic heterocycles. The second kappa shape index (κ2) is 4.10. The lowest BCUT2D eigenvalue weighted by Gasteiger charge is -2.11. The van der Waals surface area contributed by atoms with E-state index in [1.807, 2.05) is 12.1 Å². The molecule has 5 nitrogen and oxygen atoms in total. The molecule has 2 aromatic rings. The number of nitrogens with zero attached hydrogens (tertiary/aromatic N) is 1. The first kappa shape index (κ1) is 11.2. The van der Waals surface area contributed by atoms with E-state index >= 15 is 0 Å². The number of fused-ring (bicyclic) bond motifs is 1. The van der Waals surface area contributed by atoms with Crippen molar-refractivity contribution in [3.05, 3.63) is 29.6 Å². The average Bonchev–Trinajstić information content (AvgIpc) is 2.92. The second-order valence-corrected chi connectivity index (χ2v) is 4.89. The Morgan fingerprint density at radius 3 is 3.00 bits per heavy atom. The van der Waals surface area contributed by atoms with Crippen molar-refractivity contribution in [1.82, 2.24) is 15.3 Å². The van der Waals surface area contributed by atoms with E-state index in [1.165, 1.54) is 0 Å². The zero-order chi connectivity index (χ0) is 12.7. The van der Waals surface area contributed by atoms with Gasteiger partial charge in [-0.25, -0.2) is 4.98 Å². The van der Waals surface area contributed by atoms with Crippen LogP contribution in [0, 0.1) is 5.92 Å². The van der Waals surface area contributed by atoms with Crippen LogP contribution in [0.15, 0.2) is 18.2 Å². The van der Waals surface area contributed by atoms with E-state index in [4.69, 9.17) is 5.73 Å². The Balaban J connectivity index is 2.11. The van der Waals surface area contributed by atoms with Crippen LogP contribution in [0.2, 0.25) is 0 Å². The molecule has 1 saturated heterocycles. The summed E-state index contributed by atoms with van der Waals surface area (Å²) < 4.78 is 0. The van der Waals surface area contributed by atoms with E-state index in [-0.39, 0.29) is 6.04 Å². The van der Waals surface area contributed by atoms with E-state index in [1.54, 1.807) is 6.07 Å². The molecule has 0 unspecified atom stereocenters. The minimum Gasteiger partial charge on any atom is -0.366 e. The maximum Gasteiger partial charge on any atom is 0.250 e. The summed E-state index contributed by atoms with van der Waals surface area (Å²) in [7, 11) is 0. The molecule has 1 amide bonds. The number of amides is 1. The average molecular weight is 244 g/mol. The molecule has 18 heavy (non-hydrogen) atoms. The van der Waals surface area contributed by atoms with Gasteiger partial charge in [0, 0.05) is 0 Å². The number of nitrogens with one attached hydrogen (secondary N) is 2. The van der Waals surface area contributed by atoms with Crippen LogP contribution in [0.25, 0.3) is 11.0 Å². The molecule has 0 radical (unpaired) electrons. The number of aromatic amines is 1. The summed E-state index contributed by atoms with van der Waals surface area (Å²) in [6.07, 6.45) is 1.14. The Hall–Kier alpha value is -1.88. The van der Waals surface area contributed by atoms with Gasteiger partial charge in [-0.05, 0) is 31.0 Å². The minimum absolute atomic E-state index is 0.234. The maximum absolute atomic E-state index is 11.4. The van der Waals surface area contributed by atoms with Gasteiger partial charge in [-0.15, -0.1) is 0 Å². The Morgan fingerprint density at radius 1 is 1.50 bits per heavy atom. The Kier molecular flexibility index (Phi) is 2.56. The molecule has 1 aliphatic rings. The van der Waals surface area contributed by atoms with Crippen molar-refractivity contribution in [2.75, 3.05) is 6.54 Å². The Bertz CT molecular complexity index is 604. The van der Waals surface area contributed by atoms with Gasteiger partial charge in [-0.3, -0.25) is 4.79 Å². The highest BCUT2D eigenvalue weighted by molar-refractivity contribution is 6.04. The largest absolute Gasteiger partial charge is 0.366 e. The fourth-order valence-electron chi connectivity index (χ4n) is 2.60. The third-order valence-electron chi connectivity index (χ3n) is 3.62. The Morgan fingerprint density at radius 2 is 2.33 bits per heavy atom. The fourth-order valence-corrected chi connectivity index (χ4v) is 2.60. The first-order valence-electron chi connectivity index (χ1n) is 6.18. The van der Waals surface area contributed by atoms with Crippen LogP contribution in [-0.2, 0) is 0 Å². The lowest BCUT2D eigenvalue weighted by molar-refractivity contribution is 0.100. The molecule has 1 aliphatic heterocycles. The highest BCUT2D eigenvalue weighted by atomic mass is 16.1. The normalized spacial score (nSPS) is 23.6. The second-order valence-electron chi connectivity index (χ2n) is 4.89. The summed E-state index contributed by atoms with van der Waals surface area (Å²) in [6.45, 7) is 3.21. The van der Waals surface area contributed by atoms with E-state index in [2.05, 4.69) is 22.2 Å². The first-order chi connectivity index (χ1) is 8.66. The summed E-state index contributed by atoms with van der Waals surface area (Å²) in [5, 5.41) is 3.42. The summed E-state index contributed by atoms with van der Waals surface area (Å²) in [5.74, 6) is 0.998. The number of carbonyl (C=O) groups excluding carboxylic acids is 1. The monoisotopic (exact) mass is 244 g/mol. The topological polar surface area (TPSA) is 83.8 Å². The summed E-state index contributed by atoms with van der Waals surface area (Å²) in [4.78, 5) is 19.2. The number of rotatable bonds is 2. The van der Waals surface area contributed by atoms with E-state index in [9.17, 15) is 4.79 Å². The molecule has 0 aliphatic carbocycles. The van der Waals surface area contributed by atoms with Gasteiger partial charge in [0.1, 0.15) is 11.3 Å². The molecule has 0 bridgehead atoms. The standard InChI is InChI=1S/C13H16N4O/c1-7-5-6-15-10(7)13-16-9-4-2-3-8(12(14)18)11(9)17-13/h2-4,7,10,15H,5-6H2,1H3,(H2,14,18)(H,16,17)/t7-,10+/m0/s1. The molecule has 1 aromatic carbocycles. The quantitative estimate of drug-likeness (QED) is 0.745. The summed E-state index contributed by atoms with van der Waals surface area (Å²) in [5.41, 5.74) is 7.36. The van der Waals surface area contributed by atoms with Gasteiger partial charge in [0.15, 0.2) is 0 Å². The van der Waals surface area contributed by atoms with Gasteiger partial charge in [0.2, 0.25) is 0 Å². The zero-order valence-electron chi connectivity index (χ0n) is 10.2. The van der Waals surface area contributed by atoms with Crippen LogP contribution in [0.5, 0.6) is 0 Å². The van der Waals surface area contributed by atoms with Crippen LogP contribution in [-0.4, -0.2) is 22.4 Å². The lowest BCUT2D eigenvalue weighted by atomic mass is 10.0. The van der Waals surface area contributed by atoms with Crippen LogP contribution in [0.1, 0.15) is 35.6 Å². The van der Waals surface area contributed by atoms with Crippen molar-refractivity contribution in [3.8, 4) is 0 Å². The molecule has 1 fully saturated rings. The molecule has 2 heterocycles. The number of para-hydroxylation sites is 1. The number of hydrogen-bond donors (Lipinski definition) is 3. The number of benzene rings is 1. The van der Waals surface area contributed by atoms with Gasteiger partial charge in [0.05, 0.1) is 17.1 Å². The van der Waals surface area contributed by atoms with Gasteiger partial charge >= 0.3 is 0 Å². The Labute approximate surface area is 105 Å². The van der Waals surface area contributed by atoms with Crippen molar-refractivity contribution >= 4 is 16.9 Å². The first-order valence-corrected chi connectivity index (χ1v) is 6.18. The van der Waals surface area contributed by atoms with Crippen molar-refractivity contribution < 1.29 is 4.79 Å². The number of imidazole rings is 1.